The molecule has 1 aromatic rings. The second-order valence-electron chi connectivity index (χ2n) is 10.1. The van der Waals surface area contributed by atoms with Crippen molar-refractivity contribution in [3.63, 3.8) is 0 Å². The van der Waals surface area contributed by atoms with Crippen LogP contribution in [0.2, 0.25) is 0 Å². The average molecular weight is 401 g/mol. The maximum atomic E-state index is 9.37. The molecule has 29 heavy (non-hydrogen) atoms. The normalized spacial score (nSPS) is 38.4. The summed E-state index contributed by atoms with van der Waals surface area (Å²) in [5, 5.41) is 9.37. The van der Waals surface area contributed by atoms with Gasteiger partial charge in [0.05, 0.1) is 13.2 Å². The first-order chi connectivity index (χ1) is 13.9. The number of hydrogen-bond donors (Lipinski definition) is 1. The molecule has 1 unspecified atom stereocenters. The van der Waals surface area contributed by atoms with E-state index in [2.05, 4.69) is 6.58 Å². The molecular weight excluding hydrogens is 368 g/mol. The summed E-state index contributed by atoms with van der Waals surface area (Å²) in [6, 6.07) is 7.70. The third kappa shape index (κ3) is 3.42. The Labute approximate surface area is 172 Å². The van der Waals surface area contributed by atoms with Gasteiger partial charge in [0.15, 0.2) is 0 Å². The molecule has 1 N–H and O–H groups in total. The van der Waals surface area contributed by atoms with Crippen LogP contribution in [0, 0.1) is 23.7 Å². The Morgan fingerprint density at radius 2 is 1.72 bits per heavy atom. The highest BCUT2D eigenvalue weighted by Crippen LogP contribution is 2.60. The second kappa shape index (κ2) is 7.09. The summed E-state index contributed by atoms with van der Waals surface area (Å²) in [5.74, 6) is 2.85. The third-order valence-corrected chi connectivity index (χ3v) is 7.42. The number of rotatable bonds is 5. The Balaban J connectivity index is 1.23. The van der Waals surface area contributed by atoms with Gasteiger partial charge >= 0.3 is 0 Å². The molecule has 1 heterocycles. The molecule has 5 heteroatoms. The van der Waals surface area contributed by atoms with Crippen molar-refractivity contribution in [2.75, 3.05) is 13.2 Å². The molecule has 6 rings (SSSR count). The molecule has 5 nitrogen and oxygen atoms in total. The number of aliphatic hydroxyl groups excluding tert-OH is 1. The van der Waals surface area contributed by atoms with E-state index in [9.17, 15) is 5.11 Å². The fourth-order valence-corrected chi connectivity index (χ4v) is 6.04. The van der Waals surface area contributed by atoms with E-state index in [4.69, 9.17) is 19.2 Å². The zero-order valence-electron chi connectivity index (χ0n) is 17.4. The van der Waals surface area contributed by atoms with Crippen molar-refractivity contribution in [2.24, 2.45) is 23.7 Å². The largest absolute Gasteiger partial charge is 0.485 e. The number of ether oxygens (including phenoxy) is 2. The lowest BCUT2D eigenvalue weighted by atomic mass is 9.53. The van der Waals surface area contributed by atoms with E-state index >= 15 is 0 Å². The predicted molar refractivity (Wildman–Crippen MR) is 109 cm³/mol. The standard InChI is InChI=1S/C24H32O5/c1-15(18-4-6-21(7-5-18)27-23(2,3)14-25)22-13-26-24(29-28-22)19-9-16-8-17(11-19)12-20(24)10-16/h4-7,16-17,19-20,22,25H,1,8-14H2,2-3H3. The van der Waals surface area contributed by atoms with Crippen LogP contribution in [0.5, 0.6) is 5.75 Å². The van der Waals surface area contributed by atoms with E-state index in [1.807, 2.05) is 38.1 Å². The predicted octanol–water partition coefficient (Wildman–Crippen LogP) is 4.35. The summed E-state index contributed by atoms with van der Waals surface area (Å²) in [6.45, 7) is 8.37. The first-order valence-corrected chi connectivity index (χ1v) is 11.0. The van der Waals surface area contributed by atoms with Gasteiger partial charge in [-0.25, -0.2) is 4.89 Å². The van der Waals surface area contributed by atoms with Crippen LogP contribution in [-0.2, 0) is 14.5 Å². The molecule has 1 spiro atoms. The zero-order chi connectivity index (χ0) is 20.2. The quantitative estimate of drug-likeness (QED) is 0.745. The van der Waals surface area contributed by atoms with Crippen LogP contribution in [0.3, 0.4) is 0 Å². The van der Waals surface area contributed by atoms with E-state index in [-0.39, 0.29) is 12.7 Å². The highest BCUT2D eigenvalue weighted by atomic mass is 17.2. The van der Waals surface area contributed by atoms with Gasteiger partial charge in [0.2, 0.25) is 5.79 Å². The molecule has 4 bridgehead atoms. The molecule has 0 aromatic heterocycles. The first-order valence-electron chi connectivity index (χ1n) is 11.0. The van der Waals surface area contributed by atoms with Crippen LogP contribution in [-0.4, -0.2) is 35.8 Å². The van der Waals surface area contributed by atoms with Crippen molar-refractivity contribution in [3.05, 3.63) is 36.4 Å². The summed E-state index contributed by atoms with van der Waals surface area (Å²) in [7, 11) is 0. The molecule has 158 valence electrons. The smallest absolute Gasteiger partial charge is 0.207 e. The lowest BCUT2D eigenvalue weighted by Crippen LogP contribution is -2.63. The molecule has 0 radical (unpaired) electrons. The van der Waals surface area contributed by atoms with Gasteiger partial charge in [0, 0.05) is 11.8 Å². The molecule has 4 aliphatic carbocycles. The minimum Gasteiger partial charge on any atom is -0.485 e. The van der Waals surface area contributed by atoms with Crippen LogP contribution in [0.4, 0.5) is 0 Å². The molecule has 5 aliphatic rings. The fourth-order valence-electron chi connectivity index (χ4n) is 6.04. The Kier molecular flexibility index (Phi) is 4.78. The fraction of sp³-hybridized carbons (Fsp3) is 0.667. The van der Waals surface area contributed by atoms with E-state index in [1.165, 1.54) is 32.1 Å². The highest BCUT2D eigenvalue weighted by Gasteiger charge is 2.61. The van der Waals surface area contributed by atoms with Gasteiger partial charge in [-0.05, 0) is 81.1 Å². The Morgan fingerprint density at radius 3 is 2.24 bits per heavy atom. The lowest BCUT2D eigenvalue weighted by Gasteiger charge is -2.60. The average Bonchev–Trinajstić information content (AvgIpc) is 2.72. The Hall–Kier alpha value is -1.40. The lowest BCUT2D eigenvalue weighted by molar-refractivity contribution is -0.517. The number of benzene rings is 1. The minimum atomic E-state index is -0.611. The van der Waals surface area contributed by atoms with Crippen LogP contribution in [0.25, 0.3) is 5.57 Å². The SMILES string of the molecule is C=C(c1ccc(OC(C)(C)CO)cc1)C1COC2(OO1)C1CC3CC(C1)CC2C3. The second-order valence-corrected chi connectivity index (χ2v) is 10.1. The van der Waals surface area contributed by atoms with Crippen molar-refractivity contribution >= 4 is 5.57 Å². The van der Waals surface area contributed by atoms with E-state index < -0.39 is 11.4 Å². The van der Waals surface area contributed by atoms with Crippen LogP contribution in [0.1, 0.15) is 51.5 Å². The summed E-state index contributed by atoms with van der Waals surface area (Å²) in [5.41, 5.74) is 1.20. The summed E-state index contributed by atoms with van der Waals surface area (Å²) in [4.78, 5) is 12.0. The molecule has 1 atom stereocenters. The van der Waals surface area contributed by atoms with Gasteiger partial charge in [-0.2, -0.15) is 4.89 Å². The number of aliphatic hydroxyl groups is 1. The van der Waals surface area contributed by atoms with Crippen molar-refractivity contribution in [1.82, 2.24) is 0 Å². The van der Waals surface area contributed by atoms with E-state index in [0.717, 1.165) is 23.0 Å². The van der Waals surface area contributed by atoms with Crippen LogP contribution < -0.4 is 4.74 Å². The first kappa shape index (κ1) is 19.6. The summed E-state index contributed by atoms with van der Waals surface area (Å²) in [6.07, 6.45) is 5.96. The van der Waals surface area contributed by atoms with Gasteiger partial charge < -0.3 is 14.6 Å². The van der Waals surface area contributed by atoms with Crippen LogP contribution >= 0.6 is 0 Å². The zero-order valence-corrected chi connectivity index (χ0v) is 17.4. The molecule has 5 fully saturated rings. The Bertz CT molecular complexity index is 730. The van der Waals surface area contributed by atoms with Crippen molar-refractivity contribution in [2.45, 2.75) is 63.4 Å². The molecule has 0 amide bonds. The third-order valence-electron chi connectivity index (χ3n) is 7.42. The summed E-state index contributed by atoms with van der Waals surface area (Å²) < 4.78 is 12.2. The van der Waals surface area contributed by atoms with Gasteiger partial charge in [0.25, 0.3) is 0 Å². The van der Waals surface area contributed by atoms with Crippen LogP contribution in [0.15, 0.2) is 30.8 Å². The van der Waals surface area contributed by atoms with Crippen molar-refractivity contribution < 1.29 is 24.4 Å². The maximum absolute atomic E-state index is 9.37. The van der Waals surface area contributed by atoms with E-state index in [1.54, 1.807) is 0 Å². The van der Waals surface area contributed by atoms with Crippen molar-refractivity contribution in [1.29, 1.82) is 0 Å². The molecular formula is C24H32O5. The van der Waals surface area contributed by atoms with Gasteiger partial charge in [-0.15, -0.1) is 0 Å². The molecule has 1 aliphatic heterocycles. The van der Waals surface area contributed by atoms with Gasteiger partial charge in [-0.3, -0.25) is 0 Å². The van der Waals surface area contributed by atoms with Gasteiger partial charge in [0.1, 0.15) is 17.5 Å². The van der Waals surface area contributed by atoms with Gasteiger partial charge in [-0.1, -0.05) is 18.7 Å². The molecule has 1 aromatic carbocycles. The minimum absolute atomic E-state index is 0.0444. The monoisotopic (exact) mass is 400 g/mol. The maximum Gasteiger partial charge on any atom is 0.207 e. The topological polar surface area (TPSA) is 57.2 Å². The van der Waals surface area contributed by atoms with E-state index in [0.29, 0.717) is 24.2 Å². The highest BCUT2D eigenvalue weighted by molar-refractivity contribution is 5.67. The Morgan fingerprint density at radius 1 is 1.10 bits per heavy atom. The molecule has 4 saturated carbocycles. The summed E-state index contributed by atoms with van der Waals surface area (Å²) >= 11 is 0. The number of hydrogen-bond acceptors (Lipinski definition) is 5. The molecule has 1 saturated heterocycles. The van der Waals surface area contributed by atoms with Crippen molar-refractivity contribution in [3.8, 4) is 5.75 Å².